The molecule has 3 atom stereocenters. The lowest BCUT2D eigenvalue weighted by molar-refractivity contribution is -0.152. The van der Waals surface area contributed by atoms with Crippen molar-refractivity contribution in [1.82, 2.24) is 0 Å². The fourth-order valence-electron chi connectivity index (χ4n) is 3.67. The largest absolute Gasteiger partial charge is 0.465 e. The average Bonchev–Trinajstić information content (AvgIpc) is 2.85. The molecule has 3 nitrogen and oxygen atoms in total. The minimum absolute atomic E-state index is 0.0697. The number of carbonyl (C=O) groups excluding carboxylic acids is 2. The summed E-state index contributed by atoms with van der Waals surface area (Å²) in [5.74, 6) is -0.170. The summed E-state index contributed by atoms with van der Waals surface area (Å²) >= 11 is 1.52. The van der Waals surface area contributed by atoms with Crippen molar-refractivity contribution < 1.29 is 14.3 Å². The molecule has 0 spiro atoms. The van der Waals surface area contributed by atoms with E-state index in [4.69, 9.17) is 4.74 Å². The van der Waals surface area contributed by atoms with E-state index in [1.807, 2.05) is 0 Å². The molecule has 2 aliphatic carbocycles. The van der Waals surface area contributed by atoms with E-state index in [1.54, 1.807) is 6.92 Å². The van der Waals surface area contributed by atoms with E-state index in [0.717, 1.165) is 6.42 Å². The highest BCUT2D eigenvalue weighted by Gasteiger charge is 2.67. The Morgan fingerprint density at radius 3 is 2.89 bits per heavy atom. The lowest BCUT2D eigenvalue weighted by Gasteiger charge is -2.45. The van der Waals surface area contributed by atoms with Gasteiger partial charge in [0.25, 0.3) is 0 Å². The van der Waals surface area contributed by atoms with Gasteiger partial charge in [0.2, 0.25) is 0 Å². The van der Waals surface area contributed by atoms with Crippen LogP contribution in [0, 0.1) is 11.3 Å². The van der Waals surface area contributed by atoms with Crippen molar-refractivity contribution in [3.05, 3.63) is 11.6 Å². The zero-order valence-corrected chi connectivity index (χ0v) is 11.8. The second kappa shape index (κ2) is 3.62. The molecular formula is C14H18O3S. The van der Waals surface area contributed by atoms with Crippen LogP contribution in [0.5, 0.6) is 0 Å². The smallest absolute Gasteiger partial charge is 0.330 e. The second-order valence-corrected chi connectivity index (χ2v) is 7.49. The van der Waals surface area contributed by atoms with E-state index in [2.05, 4.69) is 19.9 Å². The molecule has 1 aliphatic heterocycles. The normalized spacial score (nSPS) is 39.7. The lowest BCUT2D eigenvalue weighted by Crippen LogP contribution is -2.55. The van der Waals surface area contributed by atoms with E-state index in [0.29, 0.717) is 18.3 Å². The van der Waals surface area contributed by atoms with Crippen LogP contribution in [0.15, 0.2) is 11.6 Å². The van der Waals surface area contributed by atoms with Gasteiger partial charge >= 0.3 is 5.97 Å². The van der Waals surface area contributed by atoms with Crippen LogP contribution in [0.25, 0.3) is 0 Å². The maximum Gasteiger partial charge on any atom is 0.330 e. The Kier molecular flexibility index (Phi) is 2.47. The van der Waals surface area contributed by atoms with E-state index in [-0.39, 0.29) is 23.1 Å². The Morgan fingerprint density at radius 2 is 2.28 bits per heavy atom. The first-order chi connectivity index (χ1) is 8.41. The number of fused-ring (bicyclic) bond motifs is 1. The maximum atomic E-state index is 12.5. The number of allylic oxidation sites excluding steroid dienone is 1. The minimum atomic E-state index is -0.916. The topological polar surface area (TPSA) is 43.4 Å². The molecule has 1 saturated carbocycles. The number of ketones is 1. The molecule has 0 unspecified atom stereocenters. The molecule has 2 fully saturated rings. The molecule has 0 aromatic heterocycles. The van der Waals surface area contributed by atoms with Gasteiger partial charge in [-0.2, -0.15) is 0 Å². The number of ether oxygens (including phenoxy) is 1. The van der Waals surface area contributed by atoms with Crippen LogP contribution in [-0.2, 0) is 14.3 Å². The Balaban J connectivity index is 2.06. The van der Waals surface area contributed by atoms with Crippen LogP contribution in [0.3, 0.4) is 0 Å². The zero-order chi connectivity index (χ0) is 13.1. The van der Waals surface area contributed by atoms with Crippen LogP contribution in [0.2, 0.25) is 0 Å². The average molecular weight is 266 g/mol. The third kappa shape index (κ3) is 1.33. The Bertz CT molecular complexity index is 466. The Labute approximate surface area is 111 Å². The third-order valence-corrected chi connectivity index (χ3v) is 6.10. The molecule has 0 N–H and O–H groups in total. The highest BCUT2D eigenvalue weighted by molar-refractivity contribution is 8.03. The summed E-state index contributed by atoms with van der Waals surface area (Å²) in [7, 11) is 0. The van der Waals surface area contributed by atoms with Crippen molar-refractivity contribution in [2.75, 3.05) is 6.61 Å². The van der Waals surface area contributed by atoms with Gasteiger partial charge in [0.1, 0.15) is 0 Å². The van der Waals surface area contributed by atoms with Gasteiger partial charge in [-0.25, -0.2) is 0 Å². The number of hydrogen-bond acceptors (Lipinski definition) is 4. The van der Waals surface area contributed by atoms with Gasteiger partial charge in [-0.05, 0) is 18.8 Å². The lowest BCUT2D eigenvalue weighted by atomic mass is 9.63. The summed E-state index contributed by atoms with van der Waals surface area (Å²) in [4.78, 5) is 24.8. The summed E-state index contributed by atoms with van der Waals surface area (Å²) in [6.07, 6.45) is 3.65. The van der Waals surface area contributed by atoms with Crippen molar-refractivity contribution in [1.29, 1.82) is 0 Å². The SMILES string of the molecule is CCOC(=O)[C@]12S[C@@H]3C=C([C@H]1C3)C(C)(C)CC2=O. The van der Waals surface area contributed by atoms with Crippen LogP contribution in [0.1, 0.15) is 33.6 Å². The Hall–Kier alpha value is -0.770. The molecule has 1 saturated heterocycles. The summed E-state index contributed by atoms with van der Waals surface area (Å²) < 4.78 is 4.27. The highest BCUT2D eigenvalue weighted by Crippen LogP contribution is 2.64. The first-order valence-corrected chi connectivity index (χ1v) is 7.40. The number of carbonyl (C=O) groups is 2. The first-order valence-electron chi connectivity index (χ1n) is 6.52. The summed E-state index contributed by atoms with van der Waals surface area (Å²) in [5.41, 5.74) is 1.21. The Morgan fingerprint density at radius 1 is 1.56 bits per heavy atom. The summed E-state index contributed by atoms with van der Waals surface area (Å²) in [6.45, 7) is 6.35. The molecule has 0 aromatic rings. The molecule has 98 valence electrons. The van der Waals surface area contributed by atoms with Crippen molar-refractivity contribution in [3.63, 3.8) is 0 Å². The number of thioether (sulfide) groups is 1. The maximum absolute atomic E-state index is 12.5. The van der Waals surface area contributed by atoms with Crippen molar-refractivity contribution in [2.24, 2.45) is 11.3 Å². The third-order valence-electron chi connectivity index (χ3n) is 4.41. The van der Waals surface area contributed by atoms with Crippen LogP contribution in [0.4, 0.5) is 0 Å². The highest BCUT2D eigenvalue weighted by atomic mass is 32.2. The van der Waals surface area contributed by atoms with E-state index < -0.39 is 4.75 Å². The molecule has 0 aromatic carbocycles. The second-order valence-electron chi connectivity index (χ2n) is 6.01. The number of rotatable bonds is 2. The zero-order valence-electron chi connectivity index (χ0n) is 11.0. The number of Topliss-reactive ketones (excluding diaryl/α,β-unsaturated/α-hetero) is 1. The van der Waals surface area contributed by atoms with E-state index in [1.165, 1.54) is 17.3 Å². The molecule has 4 heteroatoms. The van der Waals surface area contributed by atoms with Crippen molar-refractivity contribution in [2.45, 2.75) is 43.6 Å². The fraction of sp³-hybridized carbons (Fsp3) is 0.714. The summed E-state index contributed by atoms with van der Waals surface area (Å²) in [6, 6.07) is 0. The van der Waals surface area contributed by atoms with Crippen molar-refractivity contribution >= 4 is 23.5 Å². The monoisotopic (exact) mass is 266 g/mol. The van der Waals surface area contributed by atoms with Gasteiger partial charge in [-0.15, -0.1) is 11.8 Å². The molecule has 3 rings (SSSR count). The van der Waals surface area contributed by atoms with Gasteiger partial charge < -0.3 is 4.74 Å². The van der Waals surface area contributed by atoms with Gasteiger partial charge in [0, 0.05) is 17.6 Å². The standard InChI is InChI=1S/C14H18O3S/c1-4-17-12(16)14-10-6-8(18-14)5-9(10)13(2,3)7-11(14)15/h5,8,10H,4,6-7H2,1-3H3/t8-,10-,14+/m1/s1. The van der Waals surface area contributed by atoms with Gasteiger partial charge in [-0.3, -0.25) is 9.59 Å². The number of esters is 1. The van der Waals surface area contributed by atoms with E-state index >= 15 is 0 Å². The fourth-order valence-corrected chi connectivity index (χ4v) is 5.39. The quantitative estimate of drug-likeness (QED) is 0.437. The molecule has 1 heterocycles. The summed E-state index contributed by atoms with van der Waals surface area (Å²) in [5, 5.41) is 0.318. The number of hydrogen-bond donors (Lipinski definition) is 0. The van der Waals surface area contributed by atoms with Crippen LogP contribution >= 0.6 is 11.8 Å². The molecule has 0 amide bonds. The van der Waals surface area contributed by atoms with Crippen molar-refractivity contribution in [3.8, 4) is 0 Å². The van der Waals surface area contributed by atoms with Crippen LogP contribution < -0.4 is 0 Å². The molecule has 3 aliphatic rings. The minimum Gasteiger partial charge on any atom is -0.465 e. The molecular weight excluding hydrogens is 248 g/mol. The molecule has 18 heavy (non-hydrogen) atoms. The first kappa shape index (κ1) is 12.3. The molecule has 2 bridgehead atoms. The van der Waals surface area contributed by atoms with Gasteiger partial charge in [0.05, 0.1) is 6.61 Å². The van der Waals surface area contributed by atoms with Gasteiger partial charge in [-0.1, -0.05) is 25.5 Å². The predicted molar refractivity (Wildman–Crippen MR) is 70.3 cm³/mol. The van der Waals surface area contributed by atoms with Gasteiger partial charge in [0.15, 0.2) is 10.5 Å². The molecule has 0 radical (unpaired) electrons. The van der Waals surface area contributed by atoms with E-state index in [9.17, 15) is 9.59 Å². The predicted octanol–water partition coefficient (Wildman–Crippen LogP) is 2.35. The van der Waals surface area contributed by atoms with Crippen LogP contribution in [-0.4, -0.2) is 28.4 Å².